The van der Waals surface area contributed by atoms with Gasteiger partial charge in [-0.15, -0.1) is 0 Å². The molecule has 0 heterocycles. The van der Waals surface area contributed by atoms with Crippen molar-refractivity contribution in [2.75, 3.05) is 0 Å². The molecule has 0 spiro atoms. The first-order chi connectivity index (χ1) is 9.79. The highest BCUT2D eigenvalue weighted by molar-refractivity contribution is 8.12. The van der Waals surface area contributed by atoms with Gasteiger partial charge in [-0.3, -0.25) is 9.11 Å². The Labute approximate surface area is 120 Å². The molecule has 0 aromatic heterocycles. The van der Waals surface area contributed by atoms with Gasteiger partial charge in [0.2, 0.25) is 9.63 Å². The summed E-state index contributed by atoms with van der Waals surface area (Å²) in [7, 11) is -10.7. The van der Waals surface area contributed by atoms with Crippen molar-refractivity contribution < 1.29 is 74.8 Å². The first kappa shape index (κ1) is 23.1. The second-order valence-electron chi connectivity index (χ2n) is 4.04. The quantitative estimate of drug-likeness (QED) is 0.666. The van der Waals surface area contributed by atoms with Gasteiger partial charge in [-0.1, -0.05) is 0 Å². The first-order valence-corrected chi connectivity index (χ1v) is 6.47. The van der Waals surface area contributed by atoms with Gasteiger partial charge < -0.3 is 0 Å². The molecule has 0 fully saturated rings. The van der Waals surface area contributed by atoms with E-state index in [2.05, 4.69) is 0 Å². The summed E-state index contributed by atoms with van der Waals surface area (Å²) < 4.78 is 198. The van der Waals surface area contributed by atoms with Gasteiger partial charge in [-0.05, 0) is 0 Å². The van der Waals surface area contributed by atoms with Crippen LogP contribution >= 0.6 is 0 Å². The summed E-state index contributed by atoms with van der Waals surface area (Å²) in [4.78, 5) is 0. The minimum Gasteiger partial charge on any atom is -0.299 e. The zero-order valence-corrected chi connectivity index (χ0v) is 10.8. The van der Waals surface area contributed by atoms with E-state index < -0.39 is 44.3 Å². The third-order valence-corrected chi connectivity index (χ3v) is 4.73. The third-order valence-electron chi connectivity index (χ3n) is 2.37. The lowest BCUT2D eigenvalue weighted by Crippen LogP contribution is -2.75. The number of hydrogen-bond donors (Lipinski definition) is 2. The molecule has 0 aliphatic carbocycles. The van der Waals surface area contributed by atoms with E-state index in [9.17, 15) is 65.7 Å². The van der Waals surface area contributed by atoms with E-state index in [1.54, 1.807) is 0 Å². The summed E-state index contributed by atoms with van der Waals surface area (Å²) in [5, 5.41) is -16.8. The van der Waals surface area contributed by atoms with E-state index in [1.165, 1.54) is 0 Å². The van der Waals surface area contributed by atoms with Gasteiger partial charge in [-0.25, -0.2) is 4.21 Å². The molecule has 0 unspecified atom stereocenters. The van der Waals surface area contributed by atoms with Crippen molar-refractivity contribution in [2.45, 2.75) is 34.7 Å². The van der Waals surface area contributed by atoms with Crippen LogP contribution in [0.3, 0.4) is 0 Å². The highest BCUT2D eigenvalue weighted by atomic mass is 32.3. The van der Waals surface area contributed by atoms with Crippen molar-refractivity contribution >= 4 is 9.63 Å². The molecule has 0 amide bonds. The summed E-state index contributed by atoms with van der Waals surface area (Å²) in [6.45, 7) is 0. The second-order valence-corrected chi connectivity index (χ2v) is 6.80. The molecule has 0 rings (SSSR count). The molecule has 0 bridgehead atoms. The van der Waals surface area contributed by atoms with Gasteiger partial charge in [0, 0.05) is 0 Å². The zero-order valence-electron chi connectivity index (χ0n) is 10.0. The normalized spacial score (nSPS) is 18.2. The Bertz CT molecular complexity index is 520. The van der Waals surface area contributed by atoms with Crippen molar-refractivity contribution in [1.82, 2.24) is 0 Å². The third kappa shape index (κ3) is 2.44. The standard InChI is InChI=1S/C6H2F14O3S/c7-1(8,3(11,12)13)5(17,18)24(21,22,23)6(19,20)2(9,10)4(14,15)16/h(H2,21,22,23). The molecule has 0 aliphatic heterocycles. The second kappa shape index (κ2) is 4.83. The molecule has 0 aromatic rings. The van der Waals surface area contributed by atoms with E-state index in [0.717, 1.165) is 0 Å². The summed E-state index contributed by atoms with van der Waals surface area (Å²) in [5.74, 6) is -16.2. The average molecular weight is 420 g/mol. The zero-order chi connectivity index (χ0) is 20.4. The largest absolute Gasteiger partial charge is 0.461 e. The van der Waals surface area contributed by atoms with Gasteiger partial charge in [-0.2, -0.15) is 61.5 Å². The maximum atomic E-state index is 12.9. The Balaban J connectivity index is 6.82. The monoisotopic (exact) mass is 420 g/mol. The van der Waals surface area contributed by atoms with Crippen molar-refractivity contribution in [3.8, 4) is 0 Å². The van der Waals surface area contributed by atoms with Gasteiger partial charge in [0.05, 0.1) is 0 Å². The maximum absolute atomic E-state index is 12.9. The van der Waals surface area contributed by atoms with Gasteiger partial charge >= 0.3 is 34.7 Å². The molecular weight excluding hydrogens is 418 g/mol. The maximum Gasteiger partial charge on any atom is 0.461 e. The minimum absolute atomic E-state index is 7.70. The molecule has 18 heteroatoms. The molecule has 148 valence electrons. The van der Waals surface area contributed by atoms with Crippen LogP contribution in [-0.4, -0.2) is 48.0 Å². The highest BCUT2D eigenvalue weighted by Crippen LogP contribution is 2.64. The molecule has 0 saturated heterocycles. The fourth-order valence-electron chi connectivity index (χ4n) is 0.953. The van der Waals surface area contributed by atoms with E-state index in [-0.39, 0.29) is 0 Å². The van der Waals surface area contributed by atoms with Crippen molar-refractivity contribution in [2.24, 2.45) is 0 Å². The van der Waals surface area contributed by atoms with Crippen LogP contribution in [-0.2, 0) is 9.63 Å². The molecule has 2 N–H and O–H groups in total. The highest BCUT2D eigenvalue weighted by Gasteiger charge is 2.94. The topological polar surface area (TPSA) is 57.5 Å². The number of alkyl halides is 14. The Hall–Kier alpha value is -0.910. The molecule has 0 radical (unpaired) electrons. The van der Waals surface area contributed by atoms with Crippen molar-refractivity contribution in [3.63, 3.8) is 0 Å². The minimum atomic E-state index is -10.7. The van der Waals surface area contributed by atoms with Crippen LogP contribution < -0.4 is 0 Å². The fraction of sp³-hybridized carbons (Fsp3) is 1.00. The Kier molecular flexibility index (Phi) is 4.65. The van der Waals surface area contributed by atoms with Crippen molar-refractivity contribution in [3.05, 3.63) is 0 Å². The lowest BCUT2D eigenvalue weighted by atomic mass is 10.3. The molecule has 24 heavy (non-hydrogen) atoms. The van der Waals surface area contributed by atoms with Crippen LogP contribution in [0, 0.1) is 0 Å². The number of halogens is 14. The van der Waals surface area contributed by atoms with Crippen molar-refractivity contribution in [1.29, 1.82) is 0 Å². The molecular formula is C6H2F14O3S. The van der Waals surface area contributed by atoms with Gasteiger partial charge in [0.15, 0.2) is 0 Å². The lowest BCUT2D eigenvalue weighted by Gasteiger charge is -2.47. The Morgan fingerprint density at radius 1 is 0.500 bits per heavy atom. The van der Waals surface area contributed by atoms with E-state index >= 15 is 0 Å². The molecule has 0 aromatic carbocycles. The average Bonchev–Trinajstić information content (AvgIpc) is 2.23. The van der Waals surface area contributed by atoms with E-state index in [0.29, 0.717) is 0 Å². The number of rotatable bonds is 4. The van der Waals surface area contributed by atoms with Crippen LogP contribution in [0.1, 0.15) is 0 Å². The summed E-state index contributed by atoms with van der Waals surface area (Å²) in [6, 6.07) is 0. The first-order valence-electron chi connectivity index (χ1n) is 4.59. The van der Waals surface area contributed by atoms with Gasteiger partial charge in [0.25, 0.3) is 0 Å². The van der Waals surface area contributed by atoms with Gasteiger partial charge in [0.1, 0.15) is 0 Å². The van der Waals surface area contributed by atoms with Crippen LogP contribution in [0.2, 0.25) is 0 Å². The summed E-state index contributed by atoms with van der Waals surface area (Å²) in [6.07, 6.45) is -15.4. The fourth-order valence-corrected chi connectivity index (χ4v) is 2.43. The molecule has 0 saturated carbocycles. The Morgan fingerprint density at radius 3 is 0.792 bits per heavy atom. The SMILES string of the molecule is O=S(O)(O)(C(F)(F)C(F)(F)C(F)(F)F)C(F)(F)C(F)(F)C(F)(F)F. The predicted octanol–water partition coefficient (Wildman–Crippen LogP) is 4.33. The predicted molar refractivity (Wildman–Crippen MR) is 45.3 cm³/mol. The van der Waals surface area contributed by atoms with E-state index in [1.807, 2.05) is 0 Å². The smallest absolute Gasteiger partial charge is 0.299 e. The number of hydrogen-bond acceptors (Lipinski definition) is 1. The van der Waals surface area contributed by atoms with Crippen LogP contribution in [0.5, 0.6) is 0 Å². The molecule has 3 nitrogen and oxygen atoms in total. The van der Waals surface area contributed by atoms with E-state index in [4.69, 9.17) is 9.11 Å². The van der Waals surface area contributed by atoms with Crippen LogP contribution in [0.25, 0.3) is 0 Å². The van der Waals surface area contributed by atoms with Crippen LogP contribution in [0.4, 0.5) is 61.5 Å². The lowest BCUT2D eigenvalue weighted by molar-refractivity contribution is -0.350. The molecule has 0 aliphatic rings. The Morgan fingerprint density at radius 2 is 0.667 bits per heavy atom. The summed E-state index contributed by atoms with van der Waals surface area (Å²) in [5.41, 5.74) is 0. The van der Waals surface area contributed by atoms with Crippen LogP contribution in [0.15, 0.2) is 0 Å². The molecule has 0 atom stereocenters. The summed E-state index contributed by atoms with van der Waals surface area (Å²) >= 11 is 0.